The maximum Gasteiger partial charge on any atom is 0.336 e. The number of aromatic carboxylic acids is 1. The summed E-state index contributed by atoms with van der Waals surface area (Å²) in [5, 5.41) is 13.9. The summed E-state index contributed by atoms with van der Waals surface area (Å²) in [7, 11) is -1.80. The third-order valence-corrected chi connectivity index (χ3v) is 6.09. The van der Waals surface area contributed by atoms with Crippen molar-refractivity contribution in [2.75, 3.05) is 0 Å². The first-order valence-corrected chi connectivity index (χ1v) is 10.1. The van der Waals surface area contributed by atoms with E-state index < -0.39 is 15.8 Å². The van der Waals surface area contributed by atoms with Crippen LogP contribution in [-0.2, 0) is 29.1 Å². The normalized spacial score (nSPS) is 11.5. The van der Waals surface area contributed by atoms with E-state index in [0.29, 0.717) is 28.8 Å². The van der Waals surface area contributed by atoms with Crippen LogP contribution in [-0.4, -0.2) is 29.3 Å². The van der Waals surface area contributed by atoms with Crippen LogP contribution < -0.4 is 0 Å². The van der Waals surface area contributed by atoms with Crippen LogP contribution in [0.3, 0.4) is 0 Å². The van der Waals surface area contributed by atoms with Crippen molar-refractivity contribution in [2.45, 2.75) is 24.0 Å². The smallest absolute Gasteiger partial charge is 0.336 e. The summed E-state index contributed by atoms with van der Waals surface area (Å²) in [6, 6.07) is 13.0. The molecule has 27 heavy (non-hydrogen) atoms. The van der Waals surface area contributed by atoms with Crippen molar-refractivity contribution in [3.63, 3.8) is 0 Å². The van der Waals surface area contributed by atoms with Crippen molar-refractivity contribution in [2.24, 2.45) is 7.05 Å². The van der Waals surface area contributed by atoms with Crippen LogP contribution >= 0.6 is 0 Å². The molecule has 1 heterocycles. The Bertz CT molecular complexity index is 1090. The molecule has 3 aromatic rings. The molecule has 0 spiro atoms. The summed E-state index contributed by atoms with van der Waals surface area (Å²) < 4.78 is 27.2. The number of carboxylic acid groups (broad SMARTS) is 1. The fourth-order valence-corrected chi connectivity index (χ4v) is 4.58. The predicted molar refractivity (Wildman–Crippen MR) is 102 cm³/mol. The molecular formula is C20H20N2O4S. The Balaban J connectivity index is 2.16. The molecule has 0 unspecified atom stereocenters. The largest absolute Gasteiger partial charge is 0.478 e. The number of aryl methyl sites for hydroxylation is 1. The van der Waals surface area contributed by atoms with Gasteiger partial charge in [-0.15, -0.1) is 0 Å². The molecule has 1 aromatic heterocycles. The number of sulfone groups is 1. The topological polar surface area (TPSA) is 89.3 Å². The van der Waals surface area contributed by atoms with Gasteiger partial charge in [0.05, 0.1) is 21.9 Å². The second-order valence-electron chi connectivity index (χ2n) is 6.23. The Morgan fingerprint density at radius 3 is 2.37 bits per heavy atom. The van der Waals surface area contributed by atoms with Crippen LogP contribution in [0.25, 0.3) is 11.3 Å². The summed E-state index contributed by atoms with van der Waals surface area (Å²) in [5.41, 5.74) is 2.39. The lowest BCUT2D eigenvalue weighted by molar-refractivity contribution is 0.0697. The van der Waals surface area contributed by atoms with E-state index in [0.717, 1.165) is 0 Å². The van der Waals surface area contributed by atoms with Crippen molar-refractivity contribution in [1.29, 1.82) is 0 Å². The highest BCUT2D eigenvalue weighted by Crippen LogP contribution is 2.31. The van der Waals surface area contributed by atoms with Crippen LogP contribution in [0.15, 0.2) is 59.6 Å². The molecule has 0 saturated carbocycles. The Morgan fingerprint density at radius 2 is 1.81 bits per heavy atom. The first-order chi connectivity index (χ1) is 12.8. The van der Waals surface area contributed by atoms with E-state index in [1.807, 2.05) is 6.92 Å². The van der Waals surface area contributed by atoms with Crippen LogP contribution in [0.4, 0.5) is 0 Å². The molecule has 3 rings (SSSR count). The SMILES string of the molecule is CCc1c(CS(=O)(=O)c2ccccc2)ccc(C(=O)O)c1-c1ccn(C)n1. The molecule has 6 nitrogen and oxygen atoms in total. The minimum atomic E-state index is -3.55. The molecular weight excluding hydrogens is 364 g/mol. The maximum atomic E-state index is 12.8. The van der Waals surface area contributed by atoms with E-state index in [4.69, 9.17) is 0 Å². The molecule has 7 heteroatoms. The van der Waals surface area contributed by atoms with Crippen molar-refractivity contribution < 1.29 is 18.3 Å². The number of carboxylic acids is 1. The zero-order chi connectivity index (χ0) is 19.6. The highest BCUT2D eigenvalue weighted by Gasteiger charge is 2.23. The third-order valence-electron chi connectivity index (χ3n) is 4.41. The fraction of sp³-hybridized carbons (Fsp3) is 0.200. The van der Waals surface area contributed by atoms with E-state index in [1.165, 1.54) is 6.07 Å². The Morgan fingerprint density at radius 1 is 1.11 bits per heavy atom. The molecule has 0 saturated heterocycles. The molecule has 140 valence electrons. The number of hydrogen-bond donors (Lipinski definition) is 1. The summed E-state index contributed by atoms with van der Waals surface area (Å²) in [5.74, 6) is -1.26. The molecule has 1 N–H and O–H groups in total. The fourth-order valence-electron chi connectivity index (χ4n) is 3.17. The molecule has 0 bridgehead atoms. The Kier molecular flexibility index (Phi) is 5.14. The first kappa shape index (κ1) is 18.8. The van der Waals surface area contributed by atoms with Gasteiger partial charge in [0.25, 0.3) is 0 Å². The second kappa shape index (κ2) is 7.36. The summed E-state index contributed by atoms with van der Waals surface area (Å²) in [4.78, 5) is 12.0. The number of carbonyl (C=O) groups is 1. The molecule has 0 aliphatic carbocycles. The number of nitrogens with zero attached hydrogens (tertiary/aromatic N) is 2. The number of rotatable bonds is 6. The standard InChI is InChI=1S/C20H20N2O4S/c1-3-16-14(13-27(25,26)15-7-5-4-6-8-15)9-10-17(20(23)24)19(16)18-11-12-22(2)21-18/h4-12H,3,13H2,1-2H3,(H,23,24). The third kappa shape index (κ3) is 3.78. The Hall–Kier alpha value is -2.93. The first-order valence-electron chi connectivity index (χ1n) is 8.49. The zero-order valence-electron chi connectivity index (χ0n) is 15.1. The number of hydrogen-bond acceptors (Lipinski definition) is 4. The summed E-state index contributed by atoms with van der Waals surface area (Å²) in [6.07, 6.45) is 2.22. The highest BCUT2D eigenvalue weighted by molar-refractivity contribution is 7.90. The van der Waals surface area contributed by atoms with Gasteiger partial charge in [0, 0.05) is 18.8 Å². The van der Waals surface area contributed by atoms with Gasteiger partial charge in [-0.25, -0.2) is 13.2 Å². The molecule has 0 aliphatic rings. The molecule has 0 fully saturated rings. The molecule has 0 aliphatic heterocycles. The summed E-state index contributed by atoms with van der Waals surface area (Å²) >= 11 is 0. The average molecular weight is 384 g/mol. The average Bonchev–Trinajstić information content (AvgIpc) is 3.07. The van der Waals surface area contributed by atoms with E-state index in [1.54, 1.807) is 60.4 Å². The minimum Gasteiger partial charge on any atom is -0.478 e. The van der Waals surface area contributed by atoms with Gasteiger partial charge < -0.3 is 5.11 Å². The van der Waals surface area contributed by atoms with Gasteiger partial charge in [-0.1, -0.05) is 31.2 Å². The molecule has 0 atom stereocenters. The lowest BCUT2D eigenvalue weighted by atomic mass is 9.92. The molecule has 2 aromatic carbocycles. The van der Waals surface area contributed by atoms with Gasteiger partial charge in [0.15, 0.2) is 9.84 Å². The zero-order valence-corrected chi connectivity index (χ0v) is 15.9. The van der Waals surface area contributed by atoms with E-state index in [9.17, 15) is 18.3 Å². The minimum absolute atomic E-state index is 0.117. The van der Waals surface area contributed by atoms with Crippen LogP contribution in [0.1, 0.15) is 28.4 Å². The van der Waals surface area contributed by atoms with Gasteiger partial charge in [0.2, 0.25) is 0 Å². The van der Waals surface area contributed by atoms with Crippen molar-refractivity contribution in [3.05, 3.63) is 71.4 Å². The van der Waals surface area contributed by atoms with Gasteiger partial charge in [-0.05, 0) is 41.8 Å². The van der Waals surface area contributed by atoms with E-state index >= 15 is 0 Å². The lowest BCUT2D eigenvalue weighted by Gasteiger charge is -2.15. The Labute approximate surface area is 158 Å². The van der Waals surface area contributed by atoms with Crippen molar-refractivity contribution in [3.8, 4) is 11.3 Å². The van der Waals surface area contributed by atoms with E-state index in [-0.39, 0.29) is 16.2 Å². The van der Waals surface area contributed by atoms with E-state index in [2.05, 4.69) is 5.10 Å². The maximum absolute atomic E-state index is 12.8. The van der Waals surface area contributed by atoms with Crippen LogP contribution in [0, 0.1) is 0 Å². The van der Waals surface area contributed by atoms with Gasteiger partial charge >= 0.3 is 5.97 Å². The summed E-state index contributed by atoms with van der Waals surface area (Å²) in [6.45, 7) is 1.88. The van der Waals surface area contributed by atoms with Gasteiger partial charge in [-0.3, -0.25) is 4.68 Å². The lowest BCUT2D eigenvalue weighted by Crippen LogP contribution is -2.10. The number of aromatic nitrogens is 2. The number of benzene rings is 2. The van der Waals surface area contributed by atoms with Gasteiger partial charge in [-0.2, -0.15) is 5.10 Å². The monoisotopic (exact) mass is 384 g/mol. The van der Waals surface area contributed by atoms with Crippen LogP contribution in [0.5, 0.6) is 0 Å². The molecule has 0 amide bonds. The quantitative estimate of drug-likeness (QED) is 0.704. The highest BCUT2D eigenvalue weighted by atomic mass is 32.2. The predicted octanol–water partition coefficient (Wildman–Crippen LogP) is 3.32. The second-order valence-corrected chi connectivity index (χ2v) is 8.22. The van der Waals surface area contributed by atoms with Crippen molar-refractivity contribution in [1.82, 2.24) is 9.78 Å². The van der Waals surface area contributed by atoms with Crippen molar-refractivity contribution >= 4 is 15.8 Å². The van der Waals surface area contributed by atoms with Crippen LogP contribution in [0.2, 0.25) is 0 Å². The van der Waals surface area contributed by atoms with Gasteiger partial charge in [0.1, 0.15) is 0 Å². The molecule has 0 radical (unpaired) electrons.